The van der Waals surface area contributed by atoms with E-state index in [9.17, 15) is 19.2 Å². The first kappa shape index (κ1) is 25.0. The van der Waals surface area contributed by atoms with Crippen LogP contribution < -0.4 is 5.32 Å². The van der Waals surface area contributed by atoms with Crippen LogP contribution in [-0.2, 0) is 30.5 Å². The number of H-pyrrole nitrogens is 1. The van der Waals surface area contributed by atoms with Gasteiger partial charge in [0.1, 0.15) is 12.6 Å². The largest absolute Gasteiger partial charge is 0.467 e. The number of ether oxygens (including phenoxy) is 1. The number of likely N-dealkylation sites (N-methyl/N-ethyl adjacent to an activating group) is 1. The number of imide groups is 1. The molecule has 0 fully saturated rings. The SMILES string of the molecule is COC(=O)[C@@H](NC(=O)Cn1cc(C2=C(c3c[nH]c4ccccc34)C(=O)N(C)C2=O)c2ccccc21)C(C)C. The maximum atomic E-state index is 13.5. The molecule has 9 heteroatoms. The molecule has 1 atom stereocenters. The number of carbonyl (C=O) groups is 4. The van der Waals surface area contributed by atoms with E-state index in [4.69, 9.17) is 4.74 Å². The summed E-state index contributed by atoms with van der Waals surface area (Å²) in [4.78, 5) is 56.3. The number of rotatable bonds is 7. The number of fused-ring (bicyclic) bond motifs is 2. The van der Waals surface area contributed by atoms with Gasteiger partial charge < -0.3 is 19.6 Å². The minimum absolute atomic E-state index is 0.0889. The van der Waals surface area contributed by atoms with Crippen LogP contribution in [-0.4, -0.2) is 58.3 Å². The first-order valence-electron chi connectivity index (χ1n) is 12.3. The van der Waals surface area contributed by atoms with Gasteiger partial charge in [-0.25, -0.2) is 4.79 Å². The second-order valence-corrected chi connectivity index (χ2v) is 9.67. The van der Waals surface area contributed by atoms with Crippen molar-refractivity contribution in [2.75, 3.05) is 14.2 Å². The third-order valence-corrected chi connectivity index (χ3v) is 6.96. The fourth-order valence-corrected chi connectivity index (χ4v) is 4.99. The molecule has 0 saturated heterocycles. The van der Waals surface area contributed by atoms with Gasteiger partial charge in [0.25, 0.3) is 11.8 Å². The maximum absolute atomic E-state index is 13.5. The average molecular weight is 513 g/mol. The van der Waals surface area contributed by atoms with Crippen molar-refractivity contribution < 1.29 is 23.9 Å². The zero-order valence-electron chi connectivity index (χ0n) is 21.6. The Morgan fingerprint density at radius 2 is 1.58 bits per heavy atom. The molecule has 2 aromatic heterocycles. The molecule has 5 rings (SSSR count). The fourth-order valence-electron chi connectivity index (χ4n) is 4.99. The van der Waals surface area contributed by atoms with Crippen molar-refractivity contribution in [3.63, 3.8) is 0 Å². The van der Waals surface area contributed by atoms with Crippen molar-refractivity contribution >= 4 is 56.6 Å². The van der Waals surface area contributed by atoms with E-state index >= 15 is 0 Å². The van der Waals surface area contributed by atoms with Gasteiger partial charge in [-0.3, -0.25) is 19.3 Å². The Morgan fingerprint density at radius 1 is 0.947 bits per heavy atom. The number of carbonyl (C=O) groups excluding carboxylic acids is 4. The lowest BCUT2D eigenvalue weighted by molar-refractivity contribution is -0.146. The summed E-state index contributed by atoms with van der Waals surface area (Å²) in [6.07, 6.45) is 3.47. The van der Waals surface area contributed by atoms with E-state index in [-0.39, 0.29) is 29.9 Å². The highest BCUT2D eigenvalue weighted by Gasteiger charge is 2.39. The molecule has 2 N–H and O–H groups in total. The molecule has 9 nitrogen and oxygen atoms in total. The number of nitrogens with one attached hydrogen (secondary N) is 2. The van der Waals surface area contributed by atoms with E-state index in [0.29, 0.717) is 16.7 Å². The molecule has 2 aromatic carbocycles. The van der Waals surface area contributed by atoms with Crippen LogP contribution in [0.3, 0.4) is 0 Å². The molecule has 0 spiro atoms. The van der Waals surface area contributed by atoms with Crippen molar-refractivity contribution in [3.05, 3.63) is 72.1 Å². The summed E-state index contributed by atoms with van der Waals surface area (Å²) in [5.41, 5.74) is 3.38. The maximum Gasteiger partial charge on any atom is 0.328 e. The Morgan fingerprint density at radius 3 is 2.26 bits per heavy atom. The summed E-state index contributed by atoms with van der Waals surface area (Å²) in [7, 11) is 2.75. The van der Waals surface area contributed by atoms with Crippen LogP contribution in [0.2, 0.25) is 0 Å². The predicted molar refractivity (Wildman–Crippen MR) is 144 cm³/mol. The van der Waals surface area contributed by atoms with Crippen LogP contribution in [0, 0.1) is 5.92 Å². The van der Waals surface area contributed by atoms with E-state index < -0.39 is 17.9 Å². The zero-order chi connectivity index (χ0) is 27.1. The monoisotopic (exact) mass is 512 g/mol. The highest BCUT2D eigenvalue weighted by molar-refractivity contribution is 6.50. The van der Waals surface area contributed by atoms with Gasteiger partial charge in [-0.05, 0) is 18.1 Å². The number of hydrogen-bond donors (Lipinski definition) is 2. The topological polar surface area (TPSA) is 114 Å². The second-order valence-electron chi connectivity index (χ2n) is 9.67. The third-order valence-electron chi connectivity index (χ3n) is 6.96. The molecular weight excluding hydrogens is 484 g/mol. The summed E-state index contributed by atoms with van der Waals surface area (Å²) < 4.78 is 6.56. The molecule has 0 bridgehead atoms. The summed E-state index contributed by atoms with van der Waals surface area (Å²) in [6, 6.07) is 14.2. The Labute approximate surface area is 219 Å². The van der Waals surface area contributed by atoms with E-state index in [0.717, 1.165) is 26.7 Å². The Kier molecular flexibility index (Phi) is 6.36. The summed E-state index contributed by atoms with van der Waals surface area (Å²) in [5, 5.41) is 4.32. The van der Waals surface area contributed by atoms with Crippen LogP contribution in [0.15, 0.2) is 60.9 Å². The van der Waals surface area contributed by atoms with Gasteiger partial charge in [0, 0.05) is 52.4 Å². The van der Waals surface area contributed by atoms with Crippen molar-refractivity contribution in [1.29, 1.82) is 0 Å². The number of aromatic amines is 1. The first-order valence-corrected chi connectivity index (χ1v) is 12.3. The van der Waals surface area contributed by atoms with Crippen LogP contribution in [0.1, 0.15) is 25.0 Å². The predicted octanol–water partition coefficient (Wildman–Crippen LogP) is 3.35. The molecule has 3 heterocycles. The molecule has 1 aliphatic rings. The molecule has 1 aliphatic heterocycles. The highest BCUT2D eigenvalue weighted by Crippen LogP contribution is 2.40. The van der Waals surface area contributed by atoms with Crippen molar-refractivity contribution in [3.8, 4) is 0 Å². The molecular formula is C29H28N4O5. The number of hydrogen-bond acceptors (Lipinski definition) is 5. The van der Waals surface area contributed by atoms with Gasteiger partial charge >= 0.3 is 5.97 Å². The minimum atomic E-state index is -0.785. The number of para-hydroxylation sites is 2. The van der Waals surface area contributed by atoms with Crippen molar-refractivity contribution in [1.82, 2.24) is 19.8 Å². The summed E-state index contributed by atoms with van der Waals surface area (Å²) in [5.74, 6) is -1.85. The molecule has 0 saturated carbocycles. The van der Waals surface area contributed by atoms with Crippen LogP contribution in [0.4, 0.5) is 0 Å². The Hall–Kier alpha value is -4.66. The van der Waals surface area contributed by atoms with Gasteiger partial charge in [0.2, 0.25) is 5.91 Å². The van der Waals surface area contributed by atoms with Gasteiger partial charge in [-0.2, -0.15) is 0 Å². The number of aromatic nitrogens is 2. The fraction of sp³-hybridized carbons (Fsp3) is 0.241. The average Bonchev–Trinajstić information content (AvgIpc) is 3.56. The lowest BCUT2D eigenvalue weighted by Gasteiger charge is -2.20. The third kappa shape index (κ3) is 4.06. The zero-order valence-corrected chi connectivity index (χ0v) is 21.6. The Balaban J connectivity index is 1.62. The molecule has 194 valence electrons. The normalized spacial score (nSPS) is 14.7. The molecule has 0 radical (unpaired) electrons. The molecule has 38 heavy (non-hydrogen) atoms. The minimum Gasteiger partial charge on any atom is -0.467 e. The molecule has 4 aromatic rings. The quantitative estimate of drug-likeness (QED) is 0.291. The van der Waals surface area contributed by atoms with E-state index in [1.54, 1.807) is 17.0 Å². The highest BCUT2D eigenvalue weighted by atomic mass is 16.5. The van der Waals surface area contributed by atoms with E-state index in [1.165, 1.54) is 14.2 Å². The van der Waals surface area contributed by atoms with E-state index in [1.807, 2.05) is 62.4 Å². The van der Waals surface area contributed by atoms with E-state index in [2.05, 4.69) is 10.3 Å². The number of esters is 1. The Bertz CT molecular complexity index is 1640. The number of amides is 3. The van der Waals surface area contributed by atoms with Gasteiger partial charge in [-0.15, -0.1) is 0 Å². The first-order chi connectivity index (χ1) is 18.2. The summed E-state index contributed by atoms with van der Waals surface area (Å²) in [6.45, 7) is 3.56. The van der Waals surface area contributed by atoms with Crippen molar-refractivity contribution in [2.24, 2.45) is 5.92 Å². The van der Waals surface area contributed by atoms with Crippen LogP contribution >= 0.6 is 0 Å². The smallest absolute Gasteiger partial charge is 0.328 e. The lowest BCUT2D eigenvalue weighted by Crippen LogP contribution is -2.46. The number of methoxy groups -OCH3 is 1. The molecule has 0 aliphatic carbocycles. The molecule has 3 amide bonds. The lowest BCUT2D eigenvalue weighted by atomic mass is 9.95. The van der Waals surface area contributed by atoms with Gasteiger partial charge in [0.15, 0.2) is 0 Å². The van der Waals surface area contributed by atoms with Crippen LogP contribution in [0.5, 0.6) is 0 Å². The van der Waals surface area contributed by atoms with Crippen LogP contribution in [0.25, 0.3) is 33.0 Å². The second kappa shape index (κ2) is 9.66. The van der Waals surface area contributed by atoms with Gasteiger partial charge in [0.05, 0.1) is 18.3 Å². The standard InChI is InChI=1S/C29H28N4O5/c1-16(2)26(29(37)38-4)31-23(34)15-33-14-20(18-10-6-8-12-22(18)33)25-24(27(35)32(3)28(25)36)19-13-30-21-11-7-5-9-17(19)21/h5-14,16,26,30H,15H2,1-4H3,(H,31,34)/t26-/m0/s1. The molecule has 0 unspecified atom stereocenters. The number of benzene rings is 2. The number of nitrogens with zero attached hydrogens (tertiary/aromatic N) is 2. The summed E-state index contributed by atoms with van der Waals surface area (Å²) >= 11 is 0. The van der Waals surface area contributed by atoms with Crippen molar-refractivity contribution in [2.45, 2.75) is 26.4 Å². The van der Waals surface area contributed by atoms with Gasteiger partial charge in [-0.1, -0.05) is 50.2 Å².